The summed E-state index contributed by atoms with van der Waals surface area (Å²) in [6, 6.07) is 13.9. The highest BCUT2D eigenvalue weighted by atomic mass is 35.5. The number of nitrogens with one attached hydrogen (secondary N) is 1. The van der Waals surface area contributed by atoms with Crippen LogP contribution in [-0.2, 0) is 25.6 Å². The molecule has 15 heteroatoms. The second-order valence-corrected chi connectivity index (χ2v) is 13.0. The molecule has 0 bridgehead atoms. The Hall–Kier alpha value is -4.24. The van der Waals surface area contributed by atoms with Crippen LogP contribution in [0.15, 0.2) is 48.5 Å². The molecular formula is C36H51ClN4O10. The fourth-order valence-corrected chi connectivity index (χ4v) is 5.48. The number of rotatable bonds is 19. The molecule has 2 aromatic carbocycles. The first-order valence-corrected chi connectivity index (χ1v) is 17.4. The van der Waals surface area contributed by atoms with Gasteiger partial charge >= 0.3 is 17.9 Å². The van der Waals surface area contributed by atoms with Gasteiger partial charge in [0.1, 0.15) is 11.8 Å². The summed E-state index contributed by atoms with van der Waals surface area (Å²) in [7, 11) is 2.17. The Morgan fingerprint density at radius 1 is 0.882 bits per heavy atom. The highest BCUT2D eigenvalue weighted by Crippen LogP contribution is 2.17. The average molecular weight is 735 g/mol. The summed E-state index contributed by atoms with van der Waals surface area (Å²) in [4.78, 5) is 63.7. The van der Waals surface area contributed by atoms with E-state index in [0.717, 1.165) is 63.3 Å². The third-order valence-electron chi connectivity index (χ3n) is 8.14. The van der Waals surface area contributed by atoms with Crippen molar-refractivity contribution < 1.29 is 49.1 Å². The summed E-state index contributed by atoms with van der Waals surface area (Å²) in [5.74, 6) is -4.54. The lowest BCUT2D eigenvalue weighted by Gasteiger charge is -2.32. The number of ether oxygens (including phenoxy) is 1. The molecule has 51 heavy (non-hydrogen) atoms. The van der Waals surface area contributed by atoms with Crippen molar-refractivity contribution in [2.45, 2.75) is 64.0 Å². The summed E-state index contributed by atoms with van der Waals surface area (Å²) >= 11 is 5.98. The average Bonchev–Trinajstić information content (AvgIpc) is 3.07. The molecule has 2 amide bonds. The number of carbonyl (C=O) groups is 5. The van der Waals surface area contributed by atoms with Crippen LogP contribution < -0.4 is 10.1 Å². The van der Waals surface area contributed by atoms with E-state index in [1.807, 2.05) is 29.2 Å². The van der Waals surface area contributed by atoms with Gasteiger partial charge in [0.15, 0.2) is 5.60 Å². The van der Waals surface area contributed by atoms with E-state index >= 15 is 0 Å². The van der Waals surface area contributed by atoms with Crippen molar-refractivity contribution >= 4 is 41.3 Å². The van der Waals surface area contributed by atoms with Crippen LogP contribution in [0.25, 0.3) is 0 Å². The molecule has 5 N–H and O–H groups in total. The number of hydrogen-bond donors (Lipinski definition) is 5. The van der Waals surface area contributed by atoms with Crippen LogP contribution in [0.4, 0.5) is 0 Å². The number of amides is 2. The summed E-state index contributed by atoms with van der Waals surface area (Å²) < 4.78 is 5.97. The molecule has 0 spiro atoms. The van der Waals surface area contributed by atoms with Gasteiger partial charge in [-0.3, -0.25) is 19.2 Å². The maximum absolute atomic E-state index is 13.5. The minimum atomic E-state index is -2.74. The molecule has 1 unspecified atom stereocenters. The molecule has 0 aromatic heterocycles. The van der Waals surface area contributed by atoms with Crippen LogP contribution in [0.2, 0.25) is 5.02 Å². The maximum Gasteiger partial charge on any atom is 0.336 e. The van der Waals surface area contributed by atoms with Gasteiger partial charge in [-0.15, -0.1) is 0 Å². The lowest BCUT2D eigenvalue weighted by atomic mass is 9.96. The highest BCUT2D eigenvalue weighted by molar-refractivity contribution is 6.30. The molecule has 0 aliphatic carbocycles. The standard InChI is InChI=1S/C30H43ClN4O3.C6H8O7/c1-4-15-35(16-5-2)30(37)28(32-29(36)25-9-11-26(31)12-10-25)23-24-7-13-27(14-8-24)38-22-6-17-34-20-18-33(3)19-21-34;7-3(8)1-6(13,5(11)12)2-4(9)10/h7-14,28H,4-6,15-23H2,1-3H3,(H,32,36);13H,1-2H2,(H,7,8)(H,9,10)(H,11,12). The first kappa shape index (κ1) is 42.9. The number of aliphatic carboxylic acids is 3. The zero-order valence-corrected chi connectivity index (χ0v) is 30.3. The fraction of sp³-hybridized carbons (Fsp3) is 0.528. The Labute approximate surface area is 303 Å². The molecule has 14 nitrogen and oxygen atoms in total. The van der Waals surface area contributed by atoms with Gasteiger partial charge < -0.3 is 45.2 Å². The number of benzene rings is 2. The topological polar surface area (TPSA) is 197 Å². The Morgan fingerprint density at radius 2 is 1.43 bits per heavy atom. The summed E-state index contributed by atoms with van der Waals surface area (Å²) in [5, 5.41) is 37.4. The van der Waals surface area contributed by atoms with Crippen molar-refractivity contribution in [1.29, 1.82) is 0 Å². The van der Waals surface area contributed by atoms with Crippen molar-refractivity contribution in [2.24, 2.45) is 0 Å². The van der Waals surface area contributed by atoms with Crippen molar-refractivity contribution in [1.82, 2.24) is 20.0 Å². The predicted octanol–water partition coefficient (Wildman–Crippen LogP) is 3.10. The lowest BCUT2D eigenvalue weighted by molar-refractivity contribution is -0.170. The van der Waals surface area contributed by atoms with Crippen molar-refractivity contribution in [2.75, 3.05) is 59.5 Å². The molecule has 1 atom stereocenters. The summed E-state index contributed by atoms with van der Waals surface area (Å²) in [6.45, 7) is 11.7. The Bertz CT molecular complexity index is 1390. The smallest absolute Gasteiger partial charge is 0.336 e. The lowest BCUT2D eigenvalue weighted by Crippen LogP contribution is -2.50. The van der Waals surface area contributed by atoms with Crippen molar-refractivity contribution in [3.05, 3.63) is 64.7 Å². The number of halogens is 1. The van der Waals surface area contributed by atoms with Gasteiger partial charge in [0.25, 0.3) is 5.91 Å². The van der Waals surface area contributed by atoms with Gasteiger partial charge in [-0.25, -0.2) is 4.79 Å². The number of hydrogen-bond acceptors (Lipinski definition) is 9. The minimum absolute atomic E-state index is 0.0553. The van der Waals surface area contributed by atoms with Crippen LogP contribution in [0.3, 0.4) is 0 Å². The SMILES string of the molecule is CCCN(CCC)C(=O)C(Cc1ccc(OCCCN2CCN(C)CC2)cc1)NC(=O)c1ccc(Cl)cc1.O=C(O)CC(O)(CC(=O)O)C(=O)O. The largest absolute Gasteiger partial charge is 0.494 e. The summed E-state index contributed by atoms with van der Waals surface area (Å²) in [5.41, 5.74) is -1.29. The van der Waals surface area contributed by atoms with E-state index < -0.39 is 42.4 Å². The van der Waals surface area contributed by atoms with Gasteiger partial charge in [-0.2, -0.15) is 0 Å². The summed E-state index contributed by atoms with van der Waals surface area (Å²) in [6.07, 6.45) is 0.841. The molecular weight excluding hydrogens is 684 g/mol. The van der Waals surface area contributed by atoms with Crippen molar-refractivity contribution in [3.8, 4) is 5.75 Å². The molecule has 1 saturated heterocycles. The molecule has 0 radical (unpaired) electrons. The quantitative estimate of drug-likeness (QED) is 0.133. The fourth-order valence-electron chi connectivity index (χ4n) is 5.36. The van der Waals surface area contributed by atoms with E-state index in [1.165, 1.54) is 0 Å². The molecule has 282 valence electrons. The van der Waals surface area contributed by atoms with E-state index in [2.05, 4.69) is 36.0 Å². The van der Waals surface area contributed by atoms with E-state index in [0.29, 0.717) is 36.7 Å². The van der Waals surface area contributed by atoms with E-state index in [4.69, 9.17) is 36.8 Å². The maximum atomic E-state index is 13.5. The molecule has 1 aliphatic heterocycles. The highest BCUT2D eigenvalue weighted by Gasteiger charge is 2.40. The monoisotopic (exact) mass is 734 g/mol. The van der Waals surface area contributed by atoms with Crippen LogP contribution in [0.5, 0.6) is 5.75 Å². The molecule has 1 heterocycles. The third-order valence-corrected chi connectivity index (χ3v) is 8.39. The van der Waals surface area contributed by atoms with Crippen molar-refractivity contribution in [3.63, 3.8) is 0 Å². The van der Waals surface area contributed by atoms with Gasteiger partial charge in [0.2, 0.25) is 5.91 Å². The number of likely N-dealkylation sites (N-methyl/N-ethyl adjacent to an activating group) is 1. The second-order valence-electron chi connectivity index (χ2n) is 12.5. The zero-order chi connectivity index (χ0) is 38.0. The number of nitrogens with zero attached hydrogens (tertiary/aromatic N) is 3. The van der Waals surface area contributed by atoms with Crippen LogP contribution >= 0.6 is 11.6 Å². The van der Waals surface area contributed by atoms with E-state index in [1.54, 1.807) is 24.3 Å². The van der Waals surface area contributed by atoms with Crippen LogP contribution in [-0.4, -0.2) is 136 Å². The number of carboxylic acid groups (broad SMARTS) is 3. The molecule has 1 aliphatic rings. The van der Waals surface area contributed by atoms with Gasteiger partial charge in [0.05, 0.1) is 19.4 Å². The molecule has 3 rings (SSSR count). The Morgan fingerprint density at radius 3 is 1.92 bits per heavy atom. The molecule has 1 fully saturated rings. The first-order valence-electron chi connectivity index (χ1n) is 17.0. The van der Waals surface area contributed by atoms with Gasteiger partial charge in [0, 0.05) is 62.8 Å². The Kier molecular flexibility index (Phi) is 18.4. The number of carbonyl (C=O) groups excluding carboxylic acids is 2. The van der Waals surface area contributed by atoms with E-state index in [9.17, 15) is 24.0 Å². The third kappa shape index (κ3) is 15.7. The number of aliphatic hydroxyl groups is 1. The minimum Gasteiger partial charge on any atom is -0.494 e. The normalized spacial score (nSPS) is 14.1. The van der Waals surface area contributed by atoms with Crippen LogP contribution in [0.1, 0.15) is 61.9 Å². The van der Waals surface area contributed by atoms with Gasteiger partial charge in [-0.1, -0.05) is 37.6 Å². The zero-order valence-electron chi connectivity index (χ0n) is 29.6. The number of carboxylic acids is 3. The first-order chi connectivity index (χ1) is 24.2. The van der Waals surface area contributed by atoms with Gasteiger partial charge in [-0.05, 0) is 68.3 Å². The molecule has 2 aromatic rings. The van der Waals surface area contributed by atoms with Crippen LogP contribution in [0, 0.1) is 0 Å². The van der Waals surface area contributed by atoms with E-state index in [-0.39, 0.29) is 11.8 Å². The predicted molar refractivity (Wildman–Crippen MR) is 191 cm³/mol. The molecule has 0 saturated carbocycles. The second kappa shape index (κ2) is 21.9. The number of piperazine rings is 1. The Balaban J connectivity index is 0.000000588.